The van der Waals surface area contributed by atoms with Gasteiger partial charge in [-0.05, 0) is 50.1 Å². The van der Waals surface area contributed by atoms with Crippen molar-refractivity contribution in [1.82, 2.24) is 5.32 Å². The normalized spacial score (nSPS) is 14.8. The fourth-order valence-electron chi connectivity index (χ4n) is 1.96. The number of benzene rings is 1. The summed E-state index contributed by atoms with van der Waals surface area (Å²) in [7, 11) is 0. The van der Waals surface area contributed by atoms with Gasteiger partial charge in [-0.15, -0.1) is 0 Å². The van der Waals surface area contributed by atoms with Crippen LogP contribution >= 0.6 is 0 Å². The molecule has 1 aromatic carbocycles. The molecule has 0 saturated heterocycles. The molecule has 0 spiro atoms. The van der Waals surface area contributed by atoms with Gasteiger partial charge in [-0.25, -0.2) is 4.39 Å². The van der Waals surface area contributed by atoms with E-state index in [2.05, 4.69) is 19.2 Å². The van der Waals surface area contributed by atoms with E-state index in [9.17, 15) is 9.50 Å². The van der Waals surface area contributed by atoms with Crippen LogP contribution in [-0.2, 0) is 6.42 Å². The maximum atomic E-state index is 13.2. The van der Waals surface area contributed by atoms with Gasteiger partial charge in [-0.1, -0.05) is 19.9 Å². The summed E-state index contributed by atoms with van der Waals surface area (Å²) in [5.41, 5.74) is 1.10. The summed E-state index contributed by atoms with van der Waals surface area (Å²) < 4.78 is 13.2. The fourth-order valence-corrected chi connectivity index (χ4v) is 1.96. The molecule has 0 aliphatic rings. The van der Waals surface area contributed by atoms with Crippen molar-refractivity contribution in [2.75, 3.05) is 6.54 Å². The Kier molecular flexibility index (Phi) is 5.29. The zero-order valence-corrected chi connectivity index (χ0v) is 11.8. The van der Waals surface area contributed by atoms with Gasteiger partial charge < -0.3 is 10.4 Å². The number of aliphatic hydroxyl groups is 1. The summed E-state index contributed by atoms with van der Waals surface area (Å²) in [4.78, 5) is 0. The Morgan fingerprint density at radius 1 is 1.39 bits per heavy atom. The van der Waals surface area contributed by atoms with E-state index in [0.717, 1.165) is 17.7 Å². The van der Waals surface area contributed by atoms with Crippen LogP contribution in [0.15, 0.2) is 18.2 Å². The van der Waals surface area contributed by atoms with E-state index in [0.29, 0.717) is 18.9 Å². The summed E-state index contributed by atoms with van der Waals surface area (Å²) >= 11 is 0. The molecule has 2 nitrogen and oxygen atoms in total. The van der Waals surface area contributed by atoms with Gasteiger partial charge in [0.15, 0.2) is 0 Å². The number of hydrogen-bond donors (Lipinski definition) is 2. The highest BCUT2D eigenvalue weighted by Gasteiger charge is 2.21. The van der Waals surface area contributed by atoms with Crippen LogP contribution in [0, 0.1) is 12.7 Å². The number of halogens is 1. The molecule has 0 heterocycles. The van der Waals surface area contributed by atoms with Crippen molar-refractivity contribution in [3.05, 3.63) is 35.1 Å². The van der Waals surface area contributed by atoms with Gasteiger partial charge >= 0.3 is 0 Å². The molecule has 0 saturated carbocycles. The Labute approximate surface area is 109 Å². The minimum atomic E-state index is -0.805. The summed E-state index contributed by atoms with van der Waals surface area (Å²) in [6.07, 6.45) is 1.14. The third kappa shape index (κ3) is 5.15. The Balaban J connectivity index is 2.61. The van der Waals surface area contributed by atoms with Crippen LogP contribution in [0.3, 0.4) is 0 Å². The monoisotopic (exact) mass is 253 g/mol. The Morgan fingerprint density at radius 3 is 2.67 bits per heavy atom. The highest BCUT2D eigenvalue weighted by atomic mass is 19.1. The topological polar surface area (TPSA) is 32.3 Å². The minimum Gasteiger partial charge on any atom is -0.390 e. The lowest BCUT2D eigenvalue weighted by Crippen LogP contribution is -2.34. The number of aryl methyl sites for hydroxylation is 1. The molecule has 1 rings (SSSR count). The van der Waals surface area contributed by atoms with Crippen molar-refractivity contribution in [3.8, 4) is 0 Å². The minimum absolute atomic E-state index is 0.244. The smallest absolute Gasteiger partial charge is 0.123 e. The van der Waals surface area contributed by atoms with Crippen molar-refractivity contribution >= 4 is 0 Å². The molecule has 1 aromatic rings. The summed E-state index contributed by atoms with van der Waals surface area (Å²) in [6.45, 7) is 8.66. The Hall–Kier alpha value is -0.930. The Bertz CT molecular complexity index is 388. The van der Waals surface area contributed by atoms with Crippen LogP contribution in [-0.4, -0.2) is 23.3 Å². The second-order valence-electron chi connectivity index (χ2n) is 5.60. The first-order chi connectivity index (χ1) is 8.30. The molecule has 0 aliphatic carbocycles. The van der Waals surface area contributed by atoms with E-state index in [1.54, 1.807) is 13.0 Å². The van der Waals surface area contributed by atoms with E-state index in [-0.39, 0.29) is 5.82 Å². The second kappa shape index (κ2) is 6.30. The molecule has 0 fully saturated rings. The average Bonchev–Trinajstić information content (AvgIpc) is 2.22. The van der Waals surface area contributed by atoms with Gasteiger partial charge in [0, 0.05) is 12.5 Å². The van der Waals surface area contributed by atoms with Crippen LogP contribution in [0.1, 0.15) is 38.3 Å². The van der Waals surface area contributed by atoms with Crippen LogP contribution in [0.25, 0.3) is 0 Å². The van der Waals surface area contributed by atoms with Gasteiger partial charge in [0.25, 0.3) is 0 Å². The van der Waals surface area contributed by atoms with E-state index in [1.165, 1.54) is 12.1 Å². The van der Waals surface area contributed by atoms with Crippen molar-refractivity contribution in [2.45, 2.75) is 52.2 Å². The van der Waals surface area contributed by atoms with Crippen molar-refractivity contribution in [3.63, 3.8) is 0 Å². The average molecular weight is 253 g/mol. The first-order valence-electron chi connectivity index (χ1n) is 6.51. The number of rotatable bonds is 6. The molecule has 0 aromatic heterocycles. The summed E-state index contributed by atoms with van der Waals surface area (Å²) in [5, 5.41) is 13.6. The molecular weight excluding hydrogens is 229 g/mol. The molecule has 3 heteroatoms. The third-order valence-corrected chi connectivity index (χ3v) is 3.10. The number of hydrogen-bond acceptors (Lipinski definition) is 2. The lowest BCUT2D eigenvalue weighted by Gasteiger charge is -2.25. The molecule has 0 bridgehead atoms. The van der Waals surface area contributed by atoms with Gasteiger partial charge in [-0.2, -0.15) is 0 Å². The Morgan fingerprint density at radius 2 is 2.06 bits per heavy atom. The van der Waals surface area contributed by atoms with Crippen LogP contribution in [0.5, 0.6) is 0 Å². The van der Waals surface area contributed by atoms with Crippen molar-refractivity contribution in [2.24, 2.45) is 0 Å². The van der Waals surface area contributed by atoms with Crippen LogP contribution < -0.4 is 5.32 Å². The van der Waals surface area contributed by atoms with Crippen LogP contribution in [0.4, 0.5) is 4.39 Å². The predicted octanol–water partition coefficient (Wildman–Crippen LogP) is 2.82. The lowest BCUT2D eigenvalue weighted by molar-refractivity contribution is 0.0509. The largest absolute Gasteiger partial charge is 0.390 e. The molecule has 102 valence electrons. The SMILES string of the molecule is Cc1ccc(F)cc1CC(C)(O)CCNC(C)C. The predicted molar refractivity (Wildman–Crippen MR) is 73.2 cm³/mol. The first-order valence-corrected chi connectivity index (χ1v) is 6.51. The molecule has 0 radical (unpaired) electrons. The molecule has 0 amide bonds. The zero-order chi connectivity index (χ0) is 13.8. The molecular formula is C15H24FNO. The van der Waals surface area contributed by atoms with Crippen molar-refractivity contribution < 1.29 is 9.50 Å². The van der Waals surface area contributed by atoms with E-state index < -0.39 is 5.60 Å². The molecule has 18 heavy (non-hydrogen) atoms. The van der Waals surface area contributed by atoms with Gasteiger partial charge in [0.05, 0.1) is 5.60 Å². The first kappa shape index (κ1) is 15.1. The van der Waals surface area contributed by atoms with E-state index >= 15 is 0 Å². The maximum Gasteiger partial charge on any atom is 0.123 e. The quantitative estimate of drug-likeness (QED) is 0.817. The molecule has 1 unspecified atom stereocenters. The van der Waals surface area contributed by atoms with Gasteiger partial charge in [-0.3, -0.25) is 0 Å². The summed E-state index contributed by atoms with van der Waals surface area (Å²) in [6, 6.07) is 5.14. The van der Waals surface area contributed by atoms with Crippen LogP contribution in [0.2, 0.25) is 0 Å². The molecule has 1 atom stereocenters. The fraction of sp³-hybridized carbons (Fsp3) is 0.600. The molecule has 0 aliphatic heterocycles. The zero-order valence-electron chi connectivity index (χ0n) is 11.8. The number of nitrogens with one attached hydrogen (secondary N) is 1. The summed E-state index contributed by atoms with van der Waals surface area (Å²) in [5.74, 6) is -0.244. The lowest BCUT2D eigenvalue weighted by atomic mass is 9.91. The van der Waals surface area contributed by atoms with E-state index in [4.69, 9.17) is 0 Å². The van der Waals surface area contributed by atoms with Gasteiger partial charge in [0.1, 0.15) is 5.82 Å². The van der Waals surface area contributed by atoms with Crippen molar-refractivity contribution in [1.29, 1.82) is 0 Å². The highest BCUT2D eigenvalue weighted by molar-refractivity contribution is 5.27. The molecule has 2 N–H and O–H groups in total. The standard InChI is InChI=1S/C15H24FNO/c1-11(2)17-8-7-15(4,18)10-13-9-14(16)6-5-12(13)3/h5-6,9,11,17-18H,7-8,10H2,1-4H3. The highest BCUT2D eigenvalue weighted by Crippen LogP contribution is 2.20. The second-order valence-corrected chi connectivity index (χ2v) is 5.60. The van der Waals surface area contributed by atoms with E-state index in [1.807, 2.05) is 6.92 Å². The maximum absolute atomic E-state index is 13.2. The third-order valence-electron chi connectivity index (χ3n) is 3.10. The van der Waals surface area contributed by atoms with Gasteiger partial charge in [0.2, 0.25) is 0 Å².